The first-order valence-electron chi connectivity index (χ1n) is 5.85. The summed E-state index contributed by atoms with van der Waals surface area (Å²) in [6.45, 7) is 3.30. The summed E-state index contributed by atoms with van der Waals surface area (Å²) in [5.41, 5.74) is -0.0616. The summed E-state index contributed by atoms with van der Waals surface area (Å²) in [5.74, 6) is -2.91. The number of imide groups is 1. The maximum atomic E-state index is 12.1. The number of hydrogen-bond donors (Lipinski definition) is 1. The molecular weight excluding hydrogens is 305 g/mol. The lowest BCUT2D eigenvalue weighted by atomic mass is 10.00. The normalized spacial score (nSPS) is 22.5. The molecule has 1 heterocycles. The van der Waals surface area contributed by atoms with Crippen molar-refractivity contribution >= 4 is 46.7 Å². The fourth-order valence-corrected chi connectivity index (χ4v) is 2.72. The van der Waals surface area contributed by atoms with Crippen LogP contribution in [0.2, 0.25) is 10.0 Å². The number of carboxylic acid groups (broad SMARTS) is 1. The number of anilines is 1. The fourth-order valence-electron chi connectivity index (χ4n) is 2.07. The first-order chi connectivity index (χ1) is 9.25. The van der Waals surface area contributed by atoms with Gasteiger partial charge in [0.25, 0.3) is 0 Å². The Kier molecular flexibility index (Phi) is 3.75. The van der Waals surface area contributed by atoms with E-state index in [9.17, 15) is 14.4 Å². The summed E-state index contributed by atoms with van der Waals surface area (Å²) in [4.78, 5) is 36.1. The summed E-state index contributed by atoms with van der Waals surface area (Å²) in [6.07, 6.45) is 0. The van der Waals surface area contributed by atoms with Crippen molar-refractivity contribution in [1.82, 2.24) is 0 Å². The fraction of sp³-hybridized carbons (Fsp3) is 0.308. The largest absolute Gasteiger partial charge is 0.478 e. The molecule has 0 aliphatic carbocycles. The van der Waals surface area contributed by atoms with E-state index in [1.807, 2.05) is 0 Å². The van der Waals surface area contributed by atoms with Crippen LogP contribution in [0.3, 0.4) is 0 Å². The Hall–Kier alpha value is -1.59. The van der Waals surface area contributed by atoms with Crippen molar-refractivity contribution in [3.05, 3.63) is 27.7 Å². The number of rotatable bonds is 2. The van der Waals surface area contributed by atoms with Crippen LogP contribution in [0.5, 0.6) is 0 Å². The summed E-state index contributed by atoms with van der Waals surface area (Å²) < 4.78 is 0. The van der Waals surface area contributed by atoms with E-state index in [-0.39, 0.29) is 21.3 Å². The minimum absolute atomic E-state index is 0.0436. The third-order valence-corrected chi connectivity index (χ3v) is 4.03. The van der Waals surface area contributed by atoms with E-state index in [4.69, 9.17) is 28.3 Å². The number of benzene rings is 1. The van der Waals surface area contributed by atoms with Gasteiger partial charge in [0.15, 0.2) is 0 Å². The van der Waals surface area contributed by atoms with Crippen LogP contribution in [-0.2, 0) is 9.59 Å². The molecule has 1 aromatic rings. The van der Waals surface area contributed by atoms with Crippen LogP contribution < -0.4 is 4.90 Å². The molecule has 0 aromatic heterocycles. The molecule has 1 aliphatic heterocycles. The smallest absolute Gasteiger partial charge is 0.335 e. The summed E-state index contributed by atoms with van der Waals surface area (Å²) in [7, 11) is 0. The van der Waals surface area contributed by atoms with Gasteiger partial charge in [-0.15, -0.1) is 0 Å². The molecule has 0 spiro atoms. The summed E-state index contributed by atoms with van der Waals surface area (Å²) in [5, 5.41) is 8.83. The maximum Gasteiger partial charge on any atom is 0.335 e. The van der Waals surface area contributed by atoms with Crippen molar-refractivity contribution in [2.24, 2.45) is 11.8 Å². The van der Waals surface area contributed by atoms with Crippen molar-refractivity contribution < 1.29 is 19.5 Å². The van der Waals surface area contributed by atoms with Crippen molar-refractivity contribution in [3.8, 4) is 0 Å². The molecule has 2 amide bonds. The lowest BCUT2D eigenvalue weighted by Gasteiger charge is -2.18. The molecule has 0 saturated carbocycles. The monoisotopic (exact) mass is 315 g/mol. The Bertz CT molecular complexity index is 586. The third kappa shape index (κ3) is 2.17. The highest BCUT2D eigenvalue weighted by Crippen LogP contribution is 2.40. The van der Waals surface area contributed by atoms with Crippen LogP contribution in [0, 0.1) is 11.8 Å². The highest BCUT2D eigenvalue weighted by atomic mass is 35.5. The van der Waals surface area contributed by atoms with Gasteiger partial charge >= 0.3 is 5.97 Å². The molecule has 0 bridgehead atoms. The minimum atomic E-state index is -1.19. The average Bonchev–Trinajstić information content (AvgIpc) is 2.55. The maximum absolute atomic E-state index is 12.1. The first kappa shape index (κ1) is 14.8. The van der Waals surface area contributed by atoms with Crippen LogP contribution in [-0.4, -0.2) is 22.9 Å². The highest BCUT2D eigenvalue weighted by Gasteiger charge is 2.44. The van der Waals surface area contributed by atoms with Gasteiger partial charge in [-0.1, -0.05) is 37.0 Å². The van der Waals surface area contributed by atoms with Gasteiger partial charge in [0.05, 0.1) is 21.3 Å². The SMILES string of the molecule is CC1C(=O)N(c2c(Cl)cc(C(=O)O)cc2Cl)C(=O)C1C. The van der Waals surface area contributed by atoms with Gasteiger partial charge in [0, 0.05) is 11.8 Å². The van der Waals surface area contributed by atoms with Gasteiger partial charge in [0.1, 0.15) is 0 Å². The molecule has 0 radical (unpaired) electrons. The molecule has 1 saturated heterocycles. The Morgan fingerprint density at radius 1 is 1.10 bits per heavy atom. The second-order valence-electron chi connectivity index (χ2n) is 4.68. The Morgan fingerprint density at radius 3 is 1.85 bits per heavy atom. The number of aromatic carboxylic acids is 1. The van der Waals surface area contributed by atoms with Crippen molar-refractivity contribution in [2.75, 3.05) is 4.90 Å². The molecule has 1 fully saturated rings. The molecule has 106 valence electrons. The number of carbonyl (C=O) groups is 3. The van der Waals surface area contributed by atoms with Gasteiger partial charge in [0.2, 0.25) is 11.8 Å². The average molecular weight is 316 g/mol. The third-order valence-electron chi connectivity index (χ3n) is 3.46. The van der Waals surface area contributed by atoms with E-state index in [0.29, 0.717) is 0 Å². The Morgan fingerprint density at radius 2 is 1.50 bits per heavy atom. The Balaban J connectivity index is 2.57. The van der Waals surface area contributed by atoms with Gasteiger partial charge in [-0.3, -0.25) is 9.59 Å². The molecule has 5 nitrogen and oxygen atoms in total. The van der Waals surface area contributed by atoms with E-state index >= 15 is 0 Å². The lowest BCUT2D eigenvalue weighted by molar-refractivity contribution is -0.122. The number of halogens is 2. The van der Waals surface area contributed by atoms with Gasteiger partial charge in [-0.2, -0.15) is 0 Å². The zero-order valence-corrected chi connectivity index (χ0v) is 12.2. The van der Waals surface area contributed by atoms with E-state index in [1.165, 1.54) is 12.1 Å². The highest BCUT2D eigenvalue weighted by molar-refractivity contribution is 6.42. The molecule has 1 N–H and O–H groups in total. The predicted molar refractivity (Wildman–Crippen MR) is 74.2 cm³/mol. The predicted octanol–water partition coefficient (Wildman–Crippen LogP) is 2.84. The van der Waals surface area contributed by atoms with Crippen LogP contribution in [0.1, 0.15) is 24.2 Å². The zero-order chi connectivity index (χ0) is 15.2. The van der Waals surface area contributed by atoms with Crippen LogP contribution in [0.25, 0.3) is 0 Å². The van der Waals surface area contributed by atoms with Crippen molar-refractivity contribution in [3.63, 3.8) is 0 Å². The number of carbonyl (C=O) groups excluding carboxylic acids is 2. The number of carboxylic acids is 1. The lowest BCUT2D eigenvalue weighted by Crippen LogP contribution is -2.31. The van der Waals surface area contributed by atoms with Crippen LogP contribution >= 0.6 is 23.2 Å². The second-order valence-corrected chi connectivity index (χ2v) is 5.50. The van der Waals surface area contributed by atoms with E-state index < -0.39 is 29.6 Å². The van der Waals surface area contributed by atoms with Crippen molar-refractivity contribution in [1.29, 1.82) is 0 Å². The minimum Gasteiger partial charge on any atom is -0.478 e. The summed E-state index contributed by atoms with van der Waals surface area (Å²) in [6, 6.07) is 2.33. The van der Waals surface area contributed by atoms with Gasteiger partial charge in [-0.05, 0) is 12.1 Å². The van der Waals surface area contributed by atoms with Gasteiger partial charge < -0.3 is 5.11 Å². The molecule has 1 aliphatic rings. The van der Waals surface area contributed by atoms with E-state index in [1.54, 1.807) is 13.8 Å². The molecule has 2 atom stereocenters. The van der Waals surface area contributed by atoms with Crippen LogP contribution in [0.15, 0.2) is 12.1 Å². The molecule has 2 unspecified atom stereocenters. The molecular formula is C13H11Cl2NO4. The second kappa shape index (κ2) is 5.07. The molecule has 7 heteroatoms. The standard InChI is InChI=1S/C13H11Cl2NO4/c1-5-6(2)12(18)16(11(5)17)10-8(14)3-7(13(19)20)4-9(10)15/h3-6H,1-2H3,(H,19,20). The van der Waals surface area contributed by atoms with E-state index in [0.717, 1.165) is 4.90 Å². The number of amides is 2. The molecule has 2 rings (SSSR count). The zero-order valence-electron chi connectivity index (χ0n) is 10.7. The molecule has 20 heavy (non-hydrogen) atoms. The quantitative estimate of drug-likeness (QED) is 0.851. The Labute approximate surface area is 125 Å². The topological polar surface area (TPSA) is 74.7 Å². The van der Waals surface area contributed by atoms with E-state index in [2.05, 4.69) is 0 Å². The summed E-state index contributed by atoms with van der Waals surface area (Å²) >= 11 is 12.0. The number of hydrogen-bond acceptors (Lipinski definition) is 3. The first-order valence-corrected chi connectivity index (χ1v) is 6.61. The molecule has 1 aromatic carbocycles. The van der Waals surface area contributed by atoms with Gasteiger partial charge in [-0.25, -0.2) is 9.69 Å². The van der Waals surface area contributed by atoms with Crippen LogP contribution in [0.4, 0.5) is 5.69 Å². The number of nitrogens with zero attached hydrogens (tertiary/aromatic N) is 1. The van der Waals surface area contributed by atoms with Crippen molar-refractivity contribution in [2.45, 2.75) is 13.8 Å².